The van der Waals surface area contributed by atoms with Crippen LogP contribution in [-0.2, 0) is 11.2 Å². The third-order valence-electron chi connectivity index (χ3n) is 7.95. The van der Waals surface area contributed by atoms with E-state index in [4.69, 9.17) is 4.74 Å². The van der Waals surface area contributed by atoms with Crippen LogP contribution in [0.25, 0.3) is 11.0 Å². The zero-order chi connectivity index (χ0) is 23.8. The predicted octanol–water partition coefficient (Wildman–Crippen LogP) is 4.19. The van der Waals surface area contributed by atoms with E-state index in [-0.39, 0.29) is 23.9 Å². The largest absolute Gasteiger partial charge is 0.491 e. The van der Waals surface area contributed by atoms with Crippen molar-refractivity contribution in [2.24, 2.45) is 5.92 Å². The molecule has 7 nitrogen and oxygen atoms in total. The molecule has 35 heavy (non-hydrogen) atoms. The van der Waals surface area contributed by atoms with Crippen LogP contribution in [0.3, 0.4) is 0 Å². The minimum atomic E-state index is 0.0826. The van der Waals surface area contributed by atoms with Gasteiger partial charge in [-0.25, -0.2) is 4.98 Å². The molecular weight excluding hydrogens is 440 g/mol. The summed E-state index contributed by atoms with van der Waals surface area (Å²) < 4.78 is 6.03. The number of nitrogens with one attached hydrogen (secondary N) is 1. The lowest BCUT2D eigenvalue weighted by molar-refractivity contribution is -0.128. The number of nitrogens with zero attached hydrogens (tertiary/aromatic N) is 3. The molecule has 3 saturated heterocycles. The van der Waals surface area contributed by atoms with Crippen LogP contribution >= 0.6 is 0 Å². The van der Waals surface area contributed by atoms with E-state index >= 15 is 0 Å². The van der Waals surface area contributed by atoms with Crippen LogP contribution in [0.4, 0.5) is 0 Å². The number of hydrogen-bond donors (Lipinski definition) is 1. The number of likely N-dealkylation sites (tertiary alicyclic amines) is 1. The van der Waals surface area contributed by atoms with Gasteiger partial charge in [-0.2, -0.15) is 0 Å². The van der Waals surface area contributed by atoms with Crippen LogP contribution in [0.2, 0.25) is 0 Å². The molecule has 0 aliphatic carbocycles. The molecule has 182 valence electrons. The third-order valence-corrected chi connectivity index (χ3v) is 7.95. The van der Waals surface area contributed by atoms with Crippen molar-refractivity contribution in [1.82, 2.24) is 19.8 Å². The summed E-state index contributed by atoms with van der Waals surface area (Å²) in [4.78, 5) is 37.3. The summed E-state index contributed by atoms with van der Waals surface area (Å²) >= 11 is 0. The molecule has 1 aromatic carbocycles. The summed E-state index contributed by atoms with van der Waals surface area (Å²) in [7, 11) is 0. The number of pyridine rings is 1. The minimum absolute atomic E-state index is 0.0826. The SMILES string of the molecule is O=C1CCCN1CCOc1ccccc1C(=O)N1C2CCC1CC(Cc1cnc3[nH]ccc3c1)C2. The van der Waals surface area contributed by atoms with Gasteiger partial charge in [0.1, 0.15) is 18.0 Å². The molecule has 5 heterocycles. The summed E-state index contributed by atoms with van der Waals surface area (Å²) in [6.07, 6.45) is 10.7. The predicted molar refractivity (Wildman–Crippen MR) is 133 cm³/mol. The van der Waals surface area contributed by atoms with Crippen molar-refractivity contribution in [3.63, 3.8) is 0 Å². The zero-order valence-corrected chi connectivity index (χ0v) is 20.0. The lowest BCUT2D eigenvalue weighted by atomic mass is 9.85. The number of aromatic amines is 1. The topological polar surface area (TPSA) is 78.5 Å². The average molecular weight is 473 g/mol. The van der Waals surface area contributed by atoms with Gasteiger partial charge < -0.3 is 19.5 Å². The highest BCUT2D eigenvalue weighted by molar-refractivity contribution is 5.97. The fourth-order valence-corrected chi connectivity index (χ4v) is 6.33. The van der Waals surface area contributed by atoms with Gasteiger partial charge in [-0.05, 0) is 74.3 Å². The quantitative estimate of drug-likeness (QED) is 0.559. The maximum atomic E-state index is 13.7. The molecule has 7 heteroatoms. The maximum Gasteiger partial charge on any atom is 0.258 e. The van der Waals surface area contributed by atoms with E-state index in [0.29, 0.717) is 36.8 Å². The fraction of sp³-hybridized carbons (Fsp3) is 0.464. The van der Waals surface area contributed by atoms with E-state index in [1.54, 1.807) is 0 Å². The molecule has 3 aliphatic rings. The number of piperidine rings is 1. The van der Waals surface area contributed by atoms with Crippen molar-refractivity contribution in [2.75, 3.05) is 19.7 Å². The Bertz CT molecular complexity index is 1220. The van der Waals surface area contributed by atoms with E-state index in [1.165, 1.54) is 5.56 Å². The van der Waals surface area contributed by atoms with E-state index in [0.717, 1.165) is 56.1 Å². The van der Waals surface area contributed by atoms with Crippen molar-refractivity contribution >= 4 is 22.8 Å². The van der Waals surface area contributed by atoms with Gasteiger partial charge in [0.25, 0.3) is 5.91 Å². The maximum absolute atomic E-state index is 13.7. The molecule has 6 rings (SSSR count). The summed E-state index contributed by atoms with van der Waals surface area (Å²) in [5.74, 6) is 1.47. The number of carbonyl (C=O) groups excluding carboxylic acids is 2. The third kappa shape index (κ3) is 4.40. The van der Waals surface area contributed by atoms with E-state index in [1.807, 2.05) is 41.6 Å². The van der Waals surface area contributed by atoms with Gasteiger partial charge in [0.2, 0.25) is 5.91 Å². The molecule has 2 amide bonds. The van der Waals surface area contributed by atoms with Gasteiger partial charge in [-0.15, -0.1) is 0 Å². The Hall–Kier alpha value is -3.35. The Balaban J connectivity index is 1.11. The number of aromatic nitrogens is 2. The van der Waals surface area contributed by atoms with Gasteiger partial charge in [-0.1, -0.05) is 12.1 Å². The monoisotopic (exact) mass is 472 g/mol. The summed E-state index contributed by atoms with van der Waals surface area (Å²) in [6, 6.07) is 12.4. The first-order valence-electron chi connectivity index (χ1n) is 12.9. The van der Waals surface area contributed by atoms with Crippen LogP contribution in [0.5, 0.6) is 5.75 Å². The molecule has 0 spiro atoms. The highest BCUT2D eigenvalue weighted by Crippen LogP contribution is 2.41. The number of hydrogen-bond acceptors (Lipinski definition) is 4. The smallest absolute Gasteiger partial charge is 0.258 e. The highest BCUT2D eigenvalue weighted by atomic mass is 16.5. The van der Waals surface area contributed by atoms with E-state index < -0.39 is 0 Å². The second-order valence-electron chi connectivity index (χ2n) is 10.2. The second kappa shape index (κ2) is 9.36. The summed E-state index contributed by atoms with van der Waals surface area (Å²) in [5, 5.41) is 1.16. The van der Waals surface area contributed by atoms with Crippen molar-refractivity contribution in [1.29, 1.82) is 0 Å². The molecule has 2 aromatic heterocycles. The lowest BCUT2D eigenvalue weighted by Gasteiger charge is -2.39. The Morgan fingerprint density at radius 1 is 1.14 bits per heavy atom. The van der Waals surface area contributed by atoms with Crippen LogP contribution < -0.4 is 4.74 Å². The molecule has 3 fully saturated rings. The van der Waals surface area contributed by atoms with Gasteiger partial charge in [0.05, 0.1) is 12.1 Å². The van der Waals surface area contributed by atoms with Crippen molar-refractivity contribution in [2.45, 2.75) is 57.0 Å². The molecule has 1 N–H and O–H groups in total. The zero-order valence-electron chi connectivity index (χ0n) is 20.0. The Morgan fingerprint density at radius 3 is 2.77 bits per heavy atom. The molecule has 3 aliphatic heterocycles. The number of ether oxygens (including phenoxy) is 1. The highest BCUT2D eigenvalue weighted by Gasteiger charge is 2.43. The first-order valence-corrected chi connectivity index (χ1v) is 12.9. The fourth-order valence-electron chi connectivity index (χ4n) is 6.33. The Kier molecular flexibility index (Phi) is 5.92. The van der Waals surface area contributed by atoms with Gasteiger partial charge in [0.15, 0.2) is 0 Å². The molecule has 0 radical (unpaired) electrons. The van der Waals surface area contributed by atoms with Gasteiger partial charge >= 0.3 is 0 Å². The van der Waals surface area contributed by atoms with Crippen molar-refractivity contribution < 1.29 is 14.3 Å². The second-order valence-corrected chi connectivity index (χ2v) is 10.2. The lowest BCUT2D eigenvalue weighted by Crippen LogP contribution is -2.47. The normalized spacial score (nSPS) is 23.9. The van der Waals surface area contributed by atoms with Crippen LogP contribution in [0.15, 0.2) is 48.8 Å². The van der Waals surface area contributed by atoms with Gasteiger partial charge in [-0.3, -0.25) is 9.59 Å². The molecule has 2 atom stereocenters. The number of rotatable bonds is 7. The molecule has 0 saturated carbocycles. The number of H-pyrrole nitrogens is 1. The standard InChI is InChI=1S/C28H32N4O3/c33-26-6-3-11-31(26)12-13-35-25-5-2-1-4-24(25)28(34)32-22-7-8-23(32)17-19(16-22)14-20-15-21-9-10-29-27(21)30-18-20/h1-2,4-5,9-10,15,18-19,22-23H,3,6-8,11-14,16-17H2,(H,29,30). The van der Waals surface area contributed by atoms with Gasteiger partial charge in [0, 0.05) is 42.8 Å². The Morgan fingerprint density at radius 2 is 1.97 bits per heavy atom. The minimum Gasteiger partial charge on any atom is -0.491 e. The van der Waals surface area contributed by atoms with Crippen LogP contribution in [0.1, 0.15) is 54.4 Å². The number of para-hydroxylation sites is 1. The molecule has 2 bridgehead atoms. The van der Waals surface area contributed by atoms with Crippen molar-refractivity contribution in [3.8, 4) is 5.75 Å². The van der Waals surface area contributed by atoms with E-state index in [2.05, 4.69) is 27.0 Å². The molecular formula is C28H32N4O3. The summed E-state index contributed by atoms with van der Waals surface area (Å²) in [6.45, 7) is 1.78. The van der Waals surface area contributed by atoms with Crippen molar-refractivity contribution in [3.05, 3.63) is 59.9 Å². The average Bonchev–Trinajstić information content (AvgIpc) is 3.57. The van der Waals surface area contributed by atoms with Crippen LogP contribution in [0, 0.1) is 5.92 Å². The first-order chi connectivity index (χ1) is 17.2. The number of carbonyl (C=O) groups is 2. The number of amides is 2. The molecule has 2 unspecified atom stereocenters. The summed E-state index contributed by atoms with van der Waals surface area (Å²) in [5.41, 5.74) is 2.84. The Labute approximate surface area is 205 Å². The number of benzene rings is 1. The van der Waals surface area contributed by atoms with E-state index in [9.17, 15) is 9.59 Å². The molecule has 3 aromatic rings. The number of fused-ring (bicyclic) bond motifs is 3. The first kappa shape index (κ1) is 22.1. The van der Waals surface area contributed by atoms with Crippen LogP contribution in [-0.4, -0.2) is 63.4 Å².